The van der Waals surface area contributed by atoms with Gasteiger partial charge in [0.2, 0.25) is 9.84 Å². The van der Waals surface area contributed by atoms with Gasteiger partial charge in [0.05, 0.1) is 0 Å². The van der Waals surface area contributed by atoms with E-state index < -0.39 is 9.84 Å². The summed E-state index contributed by atoms with van der Waals surface area (Å²) in [5.41, 5.74) is 6.45. The Kier molecular flexibility index (Phi) is 1.87. The number of benzene rings is 1. The molecule has 1 aliphatic rings. The Morgan fingerprint density at radius 2 is 2.07 bits per heavy atom. The highest BCUT2D eigenvalue weighted by atomic mass is 32.2. The molecule has 2 rings (SSSR count). The number of rotatable bonds is 1. The molecular formula is C9H9NO3S. The molecule has 0 spiro atoms. The Hall–Kier alpha value is -1.33. The second-order valence-corrected chi connectivity index (χ2v) is 4.78. The van der Waals surface area contributed by atoms with E-state index in [1.54, 1.807) is 12.1 Å². The Morgan fingerprint density at radius 3 is 2.71 bits per heavy atom. The summed E-state index contributed by atoms with van der Waals surface area (Å²) >= 11 is 0. The molecule has 0 amide bonds. The van der Waals surface area contributed by atoms with E-state index in [-0.39, 0.29) is 17.2 Å². The molecule has 0 bridgehead atoms. The minimum Gasteiger partial charge on any atom is -0.507 e. The van der Waals surface area contributed by atoms with Gasteiger partial charge in [-0.1, -0.05) is 12.1 Å². The quantitative estimate of drug-likeness (QED) is 0.708. The number of phenolic OH excluding ortho intramolecular Hbond substituents is 1. The lowest BCUT2D eigenvalue weighted by Gasteiger charge is -2.02. The van der Waals surface area contributed by atoms with Crippen LogP contribution >= 0.6 is 0 Å². The lowest BCUT2D eigenvalue weighted by molar-refractivity contribution is 0.459. The van der Waals surface area contributed by atoms with Gasteiger partial charge < -0.3 is 10.8 Å². The van der Waals surface area contributed by atoms with Crippen LogP contribution in [0.3, 0.4) is 0 Å². The van der Waals surface area contributed by atoms with Crippen molar-refractivity contribution in [3.8, 4) is 5.75 Å². The number of hydrogen-bond donors (Lipinski definition) is 2. The molecule has 1 aromatic rings. The van der Waals surface area contributed by atoms with Crippen molar-refractivity contribution in [3.05, 3.63) is 29.2 Å². The monoisotopic (exact) mass is 211 g/mol. The molecule has 0 fully saturated rings. The second-order valence-electron chi connectivity index (χ2n) is 3.05. The lowest BCUT2D eigenvalue weighted by Crippen LogP contribution is -2.00. The predicted octanol–water partition coefficient (Wildman–Crippen LogP) is 0.479. The third-order valence-electron chi connectivity index (χ3n) is 2.14. The van der Waals surface area contributed by atoms with Gasteiger partial charge in [0.1, 0.15) is 10.6 Å². The van der Waals surface area contributed by atoms with Crippen molar-refractivity contribution in [2.24, 2.45) is 5.73 Å². The molecule has 1 heterocycles. The third-order valence-corrected chi connectivity index (χ3v) is 3.73. The zero-order valence-electron chi connectivity index (χ0n) is 7.27. The lowest BCUT2D eigenvalue weighted by atomic mass is 10.1. The van der Waals surface area contributed by atoms with E-state index in [2.05, 4.69) is 0 Å². The molecule has 14 heavy (non-hydrogen) atoms. The van der Waals surface area contributed by atoms with Crippen LogP contribution in [0.4, 0.5) is 0 Å². The first-order valence-corrected chi connectivity index (χ1v) is 5.59. The van der Waals surface area contributed by atoms with Crippen molar-refractivity contribution in [1.82, 2.24) is 0 Å². The van der Waals surface area contributed by atoms with Crippen molar-refractivity contribution in [3.63, 3.8) is 0 Å². The van der Waals surface area contributed by atoms with Crippen molar-refractivity contribution in [2.75, 3.05) is 6.54 Å². The van der Waals surface area contributed by atoms with Gasteiger partial charge in [-0.3, -0.25) is 0 Å². The topological polar surface area (TPSA) is 80.4 Å². The third kappa shape index (κ3) is 1.13. The minimum absolute atomic E-state index is 0.0274. The largest absolute Gasteiger partial charge is 0.507 e. The molecule has 5 heteroatoms. The second kappa shape index (κ2) is 2.83. The van der Waals surface area contributed by atoms with Gasteiger partial charge in [-0.2, -0.15) is 0 Å². The van der Waals surface area contributed by atoms with Gasteiger partial charge >= 0.3 is 0 Å². The van der Waals surface area contributed by atoms with Crippen LogP contribution in [-0.2, 0) is 9.84 Å². The highest BCUT2D eigenvalue weighted by Crippen LogP contribution is 2.38. The summed E-state index contributed by atoms with van der Waals surface area (Å²) in [7, 11) is -3.49. The number of sulfone groups is 1. The van der Waals surface area contributed by atoms with E-state index in [1.807, 2.05) is 0 Å². The molecule has 1 aliphatic heterocycles. The molecule has 74 valence electrons. The fourth-order valence-corrected chi connectivity index (χ4v) is 3.13. The van der Waals surface area contributed by atoms with Gasteiger partial charge in [0, 0.05) is 17.5 Å². The Labute approximate surface area is 81.6 Å². The molecular weight excluding hydrogens is 202 g/mol. The number of hydrogen-bond acceptors (Lipinski definition) is 4. The molecule has 3 N–H and O–H groups in total. The van der Waals surface area contributed by atoms with Crippen molar-refractivity contribution < 1.29 is 13.5 Å². The summed E-state index contributed by atoms with van der Waals surface area (Å²) < 4.78 is 23.1. The average molecular weight is 211 g/mol. The zero-order valence-corrected chi connectivity index (χ0v) is 8.08. The first-order chi connectivity index (χ1) is 6.56. The molecule has 0 radical (unpaired) electrons. The van der Waals surface area contributed by atoms with E-state index >= 15 is 0 Å². The highest BCUT2D eigenvalue weighted by Gasteiger charge is 2.28. The normalized spacial score (nSPS) is 17.6. The number of aromatic hydroxyl groups is 1. The average Bonchev–Trinajstić information content (AvgIpc) is 2.39. The number of nitrogens with two attached hydrogens (primary N) is 1. The van der Waals surface area contributed by atoms with Crippen molar-refractivity contribution in [1.29, 1.82) is 0 Å². The van der Waals surface area contributed by atoms with Crippen molar-refractivity contribution in [2.45, 2.75) is 4.90 Å². The fraction of sp³-hybridized carbons (Fsp3) is 0.111. The maximum Gasteiger partial charge on any atom is 0.204 e. The SMILES string of the molecule is NCC1=CS(=O)(=O)c2c(O)cccc21. The smallest absolute Gasteiger partial charge is 0.204 e. The first-order valence-electron chi connectivity index (χ1n) is 4.04. The summed E-state index contributed by atoms with van der Waals surface area (Å²) in [6.45, 7) is 0.148. The van der Waals surface area contributed by atoms with Crippen LogP contribution in [0.2, 0.25) is 0 Å². The van der Waals surface area contributed by atoms with E-state index in [4.69, 9.17) is 5.73 Å². The van der Waals surface area contributed by atoms with Gasteiger partial charge in [-0.15, -0.1) is 0 Å². The Balaban J connectivity index is 2.82. The van der Waals surface area contributed by atoms with Gasteiger partial charge in [-0.25, -0.2) is 8.42 Å². The fourth-order valence-electron chi connectivity index (χ4n) is 1.54. The summed E-state index contributed by atoms with van der Waals surface area (Å²) in [5, 5.41) is 10.5. The zero-order chi connectivity index (χ0) is 10.3. The van der Waals surface area contributed by atoms with E-state index in [0.717, 1.165) is 5.41 Å². The molecule has 0 aromatic heterocycles. The number of phenols is 1. The Bertz CT molecular complexity index is 517. The Morgan fingerprint density at radius 1 is 1.36 bits per heavy atom. The van der Waals surface area contributed by atoms with Crippen LogP contribution in [0.15, 0.2) is 28.5 Å². The van der Waals surface area contributed by atoms with E-state index in [9.17, 15) is 13.5 Å². The molecule has 0 saturated carbocycles. The van der Waals surface area contributed by atoms with E-state index in [1.165, 1.54) is 6.07 Å². The van der Waals surface area contributed by atoms with Crippen LogP contribution in [0.1, 0.15) is 5.56 Å². The minimum atomic E-state index is -3.49. The number of fused-ring (bicyclic) bond motifs is 1. The molecule has 0 aliphatic carbocycles. The summed E-state index contributed by atoms with van der Waals surface area (Å²) in [6.07, 6.45) is 0. The summed E-state index contributed by atoms with van der Waals surface area (Å²) in [6, 6.07) is 4.58. The molecule has 4 nitrogen and oxygen atoms in total. The van der Waals surface area contributed by atoms with Crippen molar-refractivity contribution >= 4 is 15.4 Å². The maximum atomic E-state index is 11.6. The van der Waals surface area contributed by atoms with Crippen LogP contribution < -0.4 is 5.73 Å². The van der Waals surface area contributed by atoms with Crippen LogP contribution in [-0.4, -0.2) is 20.1 Å². The summed E-state index contributed by atoms with van der Waals surface area (Å²) in [5.74, 6) is -0.220. The van der Waals surface area contributed by atoms with Crippen LogP contribution in [0, 0.1) is 0 Å². The molecule has 0 atom stereocenters. The first kappa shape index (κ1) is 9.23. The van der Waals surface area contributed by atoms with E-state index in [0.29, 0.717) is 11.1 Å². The highest BCUT2D eigenvalue weighted by molar-refractivity contribution is 7.95. The maximum absolute atomic E-state index is 11.6. The summed E-state index contributed by atoms with van der Waals surface area (Å²) in [4.78, 5) is -0.0274. The molecule has 0 saturated heterocycles. The molecule has 1 aromatic carbocycles. The molecule has 0 unspecified atom stereocenters. The van der Waals surface area contributed by atoms with Gasteiger partial charge in [0.25, 0.3) is 0 Å². The van der Waals surface area contributed by atoms with Crippen LogP contribution in [0.25, 0.3) is 5.57 Å². The van der Waals surface area contributed by atoms with Gasteiger partial charge in [-0.05, 0) is 11.6 Å². The predicted molar refractivity (Wildman–Crippen MR) is 52.3 cm³/mol. The van der Waals surface area contributed by atoms with Gasteiger partial charge in [0.15, 0.2) is 0 Å². The standard InChI is InChI=1S/C9H9NO3S/c10-4-6-5-14(12,13)9-7(6)2-1-3-8(9)11/h1-3,5,11H,4,10H2. The van der Waals surface area contributed by atoms with Crippen LogP contribution in [0.5, 0.6) is 5.75 Å².